The van der Waals surface area contributed by atoms with Gasteiger partial charge in [0.05, 0.1) is 0 Å². The van der Waals surface area contributed by atoms with Crippen molar-refractivity contribution in [3.05, 3.63) is 21.9 Å². The average molecular weight is 153 g/mol. The first-order valence-corrected chi connectivity index (χ1v) is 4.55. The van der Waals surface area contributed by atoms with Crippen molar-refractivity contribution in [1.82, 2.24) is 0 Å². The predicted molar refractivity (Wildman–Crippen MR) is 44.2 cm³/mol. The van der Waals surface area contributed by atoms with Gasteiger partial charge in [0.15, 0.2) is 0 Å². The highest BCUT2D eigenvalue weighted by molar-refractivity contribution is 7.10. The van der Waals surface area contributed by atoms with Crippen LogP contribution in [0.4, 0.5) is 0 Å². The molecule has 54 valence electrons. The molecule has 0 amide bonds. The molecule has 0 radical (unpaired) electrons. The standard InChI is InChI=1S/C8H11NS/c9-4-6-3-8(10-5-6)7-1-2-7/h3,5,7H,1-2,4,9H2. The van der Waals surface area contributed by atoms with Crippen LogP contribution < -0.4 is 5.73 Å². The van der Waals surface area contributed by atoms with E-state index in [0.717, 1.165) is 5.92 Å². The Morgan fingerprint density at radius 3 is 2.90 bits per heavy atom. The summed E-state index contributed by atoms with van der Waals surface area (Å²) >= 11 is 1.86. The highest BCUT2D eigenvalue weighted by Crippen LogP contribution is 2.42. The van der Waals surface area contributed by atoms with Gasteiger partial charge in [-0.25, -0.2) is 0 Å². The van der Waals surface area contributed by atoms with Crippen LogP contribution in [0.2, 0.25) is 0 Å². The monoisotopic (exact) mass is 153 g/mol. The maximum Gasteiger partial charge on any atom is 0.0186 e. The van der Waals surface area contributed by atoms with E-state index in [2.05, 4.69) is 11.4 Å². The topological polar surface area (TPSA) is 26.0 Å². The lowest BCUT2D eigenvalue weighted by atomic mass is 10.2. The molecule has 10 heavy (non-hydrogen) atoms. The molecule has 0 spiro atoms. The second-order valence-electron chi connectivity index (χ2n) is 2.84. The van der Waals surface area contributed by atoms with E-state index in [1.165, 1.54) is 18.4 Å². The summed E-state index contributed by atoms with van der Waals surface area (Å²) in [7, 11) is 0. The van der Waals surface area contributed by atoms with Crippen molar-refractivity contribution in [3.63, 3.8) is 0 Å². The Labute approximate surface area is 64.9 Å². The second kappa shape index (κ2) is 2.36. The zero-order chi connectivity index (χ0) is 6.97. The van der Waals surface area contributed by atoms with Crippen LogP contribution >= 0.6 is 11.3 Å². The smallest absolute Gasteiger partial charge is 0.0186 e. The Bertz CT molecular complexity index is 225. The van der Waals surface area contributed by atoms with E-state index in [4.69, 9.17) is 5.73 Å². The van der Waals surface area contributed by atoms with E-state index in [-0.39, 0.29) is 0 Å². The average Bonchev–Trinajstić information content (AvgIpc) is 2.70. The van der Waals surface area contributed by atoms with Gasteiger partial charge in [0.2, 0.25) is 0 Å². The van der Waals surface area contributed by atoms with Gasteiger partial charge < -0.3 is 5.73 Å². The molecule has 0 atom stereocenters. The van der Waals surface area contributed by atoms with Crippen molar-refractivity contribution in [2.75, 3.05) is 0 Å². The molecular formula is C8H11NS. The van der Waals surface area contributed by atoms with Gasteiger partial charge in [-0.05, 0) is 35.8 Å². The Balaban J connectivity index is 2.19. The summed E-state index contributed by atoms with van der Waals surface area (Å²) in [6.07, 6.45) is 2.79. The van der Waals surface area contributed by atoms with E-state index < -0.39 is 0 Å². The molecule has 1 aromatic heterocycles. The summed E-state index contributed by atoms with van der Waals surface area (Å²) in [5, 5.41) is 2.17. The highest BCUT2D eigenvalue weighted by atomic mass is 32.1. The van der Waals surface area contributed by atoms with Crippen molar-refractivity contribution in [2.45, 2.75) is 25.3 Å². The molecule has 1 fully saturated rings. The zero-order valence-corrected chi connectivity index (χ0v) is 6.66. The lowest BCUT2D eigenvalue weighted by Crippen LogP contribution is -1.92. The molecule has 2 rings (SSSR count). The second-order valence-corrected chi connectivity index (χ2v) is 3.78. The van der Waals surface area contributed by atoms with Crippen LogP contribution in [0.1, 0.15) is 29.2 Å². The first-order valence-electron chi connectivity index (χ1n) is 3.67. The fraction of sp³-hybridized carbons (Fsp3) is 0.500. The third kappa shape index (κ3) is 1.09. The normalized spacial score (nSPS) is 17.7. The lowest BCUT2D eigenvalue weighted by Gasteiger charge is -1.85. The van der Waals surface area contributed by atoms with Crippen molar-refractivity contribution in [1.29, 1.82) is 0 Å². The summed E-state index contributed by atoms with van der Waals surface area (Å²) in [4.78, 5) is 1.54. The van der Waals surface area contributed by atoms with Crippen molar-refractivity contribution in [2.24, 2.45) is 5.73 Å². The van der Waals surface area contributed by atoms with Gasteiger partial charge in [0.25, 0.3) is 0 Å². The number of nitrogens with two attached hydrogens (primary N) is 1. The molecule has 1 heterocycles. The minimum Gasteiger partial charge on any atom is -0.326 e. The molecule has 1 nitrogen and oxygen atoms in total. The van der Waals surface area contributed by atoms with Crippen LogP contribution in [0, 0.1) is 0 Å². The van der Waals surface area contributed by atoms with Gasteiger partial charge in [0.1, 0.15) is 0 Å². The van der Waals surface area contributed by atoms with Gasteiger partial charge in [-0.3, -0.25) is 0 Å². The van der Waals surface area contributed by atoms with E-state index >= 15 is 0 Å². The first-order chi connectivity index (χ1) is 4.90. The molecule has 2 N–H and O–H groups in total. The summed E-state index contributed by atoms with van der Waals surface area (Å²) in [6, 6.07) is 2.25. The summed E-state index contributed by atoms with van der Waals surface area (Å²) in [5.74, 6) is 0.894. The molecule has 0 aromatic carbocycles. The fourth-order valence-electron chi connectivity index (χ4n) is 1.08. The van der Waals surface area contributed by atoms with Crippen LogP contribution in [0.25, 0.3) is 0 Å². The minimum absolute atomic E-state index is 0.698. The zero-order valence-electron chi connectivity index (χ0n) is 5.84. The first kappa shape index (κ1) is 6.38. The van der Waals surface area contributed by atoms with Crippen LogP contribution in [0.5, 0.6) is 0 Å². The summed E-state index contributed by atoms with van der Waals surface area (Å²) < 4.78 is 0. The molecule has 1 saturated carbocycles. The van der Waals surface area contributed by atoms with Crippen molar-refractivity contribution >= 4 is 11.3 Å². The Morgan fingerprint density at radius 2 is 2.40 bits per heavy atom. The maximum absolute atomic E-state index is 5.49. The van der Waals surface area contributed by atoms with Crippen LogP contribution in [-0.2, 0) is 6.54 Å². The van der Waals surface area contributed by atoms with E-state index in [9.17, 15) is 0 Å². The Morgan fingerprint density at radius 1 is 1.60 bits per heavy atom. The Hall–Kier alpha value is -0.340. The number of rotatable bonds is 2. The van der Waals surface area contributed by atoms with Gasteiger partial charge in [-0.1, -0.05) is 0 Å². The van der Waals surface area contributed by atoms with Crippen LogP contribution in [0.3, 0.4) is 0 Å². The van der Waals surface area contributed by atoms with Crippen molar-refractivity contribution < 1.29 is 0 Å². The molecule has 0 aliphatic heterocycles. The highest BCUT2D eigenvalue weighted by Gasteiger charge is 2.24. The quantitative estimate of drug-likeness (QED) is 0.691. The number of hydrogen-bond acceptors (Lipinski definition) is 2. The summed E-state index contributed by atoms with van der Waals surface area (Å²) in [6.45, 7) is 0.698. The molecule has 1 aliphatic carbocycles. The van der Waals surface area contributed by atoms with Gasteiger partial charge in [0, 0.05) is 11.4 Å². The van der Waals surface area contributed by atoms with Crippen molar-refractivity contribution in [3.8, 4) is 0 Å². The number of thiophene rings is 1. The van der Waals surface area contributed by atoms with E-state index in [1.54, 1.807) is 4.88 Å². The van der Waals surface area contributed by atoms with Gasteiger partial charge in [-0.2, -0.15) is 0 Å². The molecule has 0 unspecified atom stereocenters. The molecule has 1 aromatic rings. The fourth-order valence-corrected chi connectivity index (χ4v) is 2.18. The van der Waals surface area contributed by atoms with Gasteiger partial charge in [-0.15, -0.1) is 11.3 Å². The van der Waals surface area contributed by atoms with Gasteiger partial charge >= 0.3 is 0 Å². The lowest BCUT2D eigenvalue weighted by molar-refractivity contribution is 1.07. The minimum atomic E-state index is 0.698. The Kier molecular flexibility index (Phi) is 1.51. The third-order valence-electron chi connectivity index (χ3n) is 1.89. The molecule has 0 bridgehead atoms. The summed E-state index contributed by atoms with van der Waals surface area (Å²) in [5.41, 5.74) is 6.79. The van der Waals surface area contributed by atoms with Crippen LogP contribution in [0.15, 0.2) is 11.4 Å². The molecule has 2 heteroatoms. The van der Waals surface area contributed by atoms with Crippen LogP contribution in [-0.4, -0.2) is 0 Å². The molecule has 0 saturated heterocycles. The molecular weight excluding hydrogens is 142 g/mol. The third-order valence-corrected chi connectivity index (χ3v) is 3.03. The molecule has 1 aliphatic rings. The van der Waals surface area contributed by atoms with E-state index in [0.29, 0.717) is 6.54 Å². The van der Waals surface area contributed by atoms with E-state index in [1.807, 2.05) is 11.3 Å². The SMILES string of the molecule is NCc1csc(C2CC2)c1. The largest absolute Gasteiger partial charge is 0.326 e. The maximum atomic E-state index is 5.49. The predicted octanol–water partition coefficient (Wildman–Crippen LogP) is 2.08. The number of hydrogen-bond donors (Lipinski definition) is 1.